The molecule has 3 nitrogen and oxygen atoms in total. The molecule has 82 valence electrons. The second-order valence-corrected chi connectivity index (χ2v) is 4.06. The van der Waals surface area contributed by atoms with Crippen LogP contribution in [-0.4, -0.2) is 16.6 Å². The van der Waals surface area contributed by atoms with E-state index < -0.39 is 11.5 Å². The zero-order valence-electron chi connectivity index (χ0n) is 8.75. The monoisotopic (exact) mass is 227 g/mol. The Balaban J connectivity index is 2.84. The molecule has 0 heterocycles. The highest BCUT2D eigenvalue weighted by Gasteiger charge is 2.30. The quantitative estimate of drug-likeness (QED) is 0.832. The van der Waals surface area contributed by atoms with Crippen molar-refractivity contribution in [1.29, 1.82) is 0 Å². The highest BCUT2D eigenvalue weighted by Crippen LogP contribution is 2.20. The second kappa shape index (κ2) is 4.53. The molecule has 1 unspecified atom stereocenters. The molecule has 0 fully saturated rings. The largest absolute Gasteiger partial charge is 0.480 e. The van der Waals surface area contributed by atoms with E-state index >= 15 is 0 Å². The zero-order chi connectivity index (χ0) is 11.5. The molecular weight excluding hydrogens is 214 g/mol. The van der Waals surface area contributed by atoms with E-state index in [-0.39, 0.29) is 0 Å². The zero-order valence-corrected chi connectivity index (χ0v) is 9.51. The predicted molar refractivity (Wildman–Crippen MR) is 61.4 cm³/mol. The molecule has 15 heavy (non-hydrogen) atoms. The third kappa shape index (κ3) is 2.86. The van der Waals surface area contributed by atoms with Gasteiger partial charge in [0.1, 0.15) is 5.54 Å². The average Bonchev–Trinajstić information content (AvgIpc) is 2.21. The van der Waals surface area contributed by atoms with Crippen molar-refractivity contribution in [3.05, 3.63) is 29.3 Å². The highest BCUT2D eigenvalue weighted by molar-refractivity contribution is 6.30. The third-order valence-corrected chi connectivity index (χ3v) is 2.70. The molecule has 2 N–H and O–H groups in total. The molecule has 0 aliphatic carbocycles. The van der Waals surface area contributed by atoms with Crippen LogP contribution < -0.4 is 5.32 Å². The first kappa shape index (κ1) is 11.9. The van der Waals surface area contributed by atoms with Crippen LogP contribution in [0.2, 0.25) is 5.02 Å². The molecule has 0 aliphatic heterocycles. The number of rotatable bonds is 4. The minimum Gasteiger partial charge on any atom is -0.480 e. The van der Waals surface area contributed by atoms with Crippen molar-refractivity contribution in [3.8, 4) is 0 Å². The van der Waals surface area contributed by atoms with Crippen molar-refractivity contribution >= 4 is 23.3 Å². The van der Waals surface area contributed by atoms with E-state index in [1.807, 2.05) is 6.92 Å². The Hall–Kier alpha value is -1.22. The van der Waals surface area contributed by atoms with E-state index in [2.05, 4.69) is 5.32 Å². The summed E-state index contributed by atoms with van der Waals surface area (Å²) in [5.74, 6) is -0.861. The maximum Gasteiger partial charge on any atom is 0.329 e. The molecule has 1 rings (SSSR count). The lowest BCUT2D eigenvalue weighted by Gasteiger charge is -2.25. The van der Waals surface area contributed by atoms with Gasteiger partial charge in [-0.25, -0.2) is 4.79 Å². The van der Waals surface area contributed by atoms with E-state index in [0.717, 1.165) is 5.69 Å². The van der Waals surface area contributed by atoms with E-state index in [1.165, 1.54) is 0 Å². The number of carboxylic acids is 1. The third-order valence-electron chi connectivity index (χ3n) is 2.44. The van der Waals surface area contributed by atoms with Crippen LogP contribution in [-0.2, 0) is 4.79 Å². The Morgan fingerprint density at radius 3 is 2.40 bits per heavy atom. The lowest BCUT2D eigenvalue weighted by molar-refractivity contribution is -0.141. The number of hydrogen-bond acceptors (Lipinski definition) is 2. The SMILES string of the molecule is CCC(C)(Nc1ccc(Cl)cc1)C(=O)O. The summed E-state index contributed by atoms with van der Waals surface area (Å²) in [6.07, 6.45) is 0.505. The molecule has 4 heteroatoms. The molecule has 1 aromatic rings. The van der Waals surface area contributed by atoms with Gasteiger partial charge in [0, 0.05) is 10.7 Å². The van der Waals surface area contributed by atoms with Crippen molar-refractivity contribution < 1.29 is 9.90 Å². The lowest BCUT2D eigenvalue weighted by Crippen LogP contribution is -2.42. The number of benzene rings is 1. The first-order chi connectivity index (χ1) is 6.98. The molecule has 1 atom stereocenters. The van der Waals surface area contributed by atoms with Crippen LogP contribution in [0.25, 0.3) is 0 Å². The maximum atomic E-state index is 11.0. The smallest absolute Gasteiger partial charge is 0.329 e. The Morgan fingerprint density at radius 1 is 1.47 bits per heavy atom. The summed E-state index contributed by atoms with van der Waals surface area (Å²) >= 11 is 5.74. The molecule has 0 radical (unpaired) electrons. The summed E-state index contributed by atoms with van der Waals surface area (Å²) in [5.41, 5.74) is -0.181. The van der Waals surface area contributed by atoms with Gasteiger partial charge in [-0.15, -0.1) is 0 Å². The van der Waals surface area contributed by atoms with Gasteiger partial charge in [-0.3, -0.25) is 0 Å². The first-order valence-electron chi connectivity index (χ1n) is 4.75. The summed E-state index contributed by atoms with van der Waals surface area (Å²) in [6.45, 7) is 3.49. The van der Waals surface area contributed by atoms with E-state index in [0.29, 0.717) is 11.4 Å². The summed E-state index contributed by atoms with van der Waals surface area (Å²) < 4.78 is 0. The Kier molecular flexibility index (Phi) is 3.58. The summed E-state index contributed by atoms with van der Waals surface area (Å²) in [4.78, 5) is 11.0. The van der Waals surface area contributed by atoms with Crippen LogP contribution >= 0.6 is 11.6 Å². The van der Waals surface area contributed by atoms with Crippen LogP contribution in [0.15, 0.2) is 24.3 Å². The minimum atomic E-state index is -0.937. The van der Waals surface area contributed by atoms with Crippen molar-refractivity contribution in [2.45, 2.75) is 25.8 Å². The number of aliphatic carboxylic acids is 1. The lowest BCUT2D eigenvalue weighted by atomic mass is 9.99. The topological polar surface area (TPSA) is 49.3 Å². The van der Waals surface area contributed by atoms with Gasteiger partial charge in [-0.2, -0.15) is 0 Å². The fourth-order valence-electron chi connectivity index (χ4n) is 1.14. The van der Waals surface area contributed by atoms with E-state index in [4.69, 9.17) is 16.7 Å². The molecule has 0 aromatic heterocycles. The van der Waals surface area contributed by atoms with Gasteiger partial charge in [0.25, 0.3) is 0 Å². The number of anilines is 1. The van der Waals surface area contributed by atoms with Crippen molar-refractivity contribution in [2.75, 3.05) is 5.32 Å². The number of hydrogen-bond donors (Lipinski definition) is 2. The van der Waals surface area contributed by atoms with Crippen LogP contribution in [0, 0.1) is 0 Å². The van der Waals surface area contributed by atoms with Gasteiger partial charge in [0.2, 0.25) is 0 Å². The van der Waals surface area contributed by atoms with Gasteiger partial charge in [-0.1, -0.05) is 18.5 Å². The average molecular weight is 228 g/mol. The summed E-state index contributed by atoms with van der Waals surface area (Å²) in [7, 11) is 0. The number of halogens is 1. The highest BCUT2D eigenvalue weighted by atomic mass is 35.5. The van der Waals surface area contributed by atoms with Crippen LogP contribution in [0.4, 0.5) is 5.69 Å². The second-order valence-electron chi connectivity index (χ2n) is 3.62. The molecule has 0 saturated heterocycles. The number of carboxylic acid groups (broad SMARTS) is 1. The van der Waals surface area contributed by atoms with E-state index in [9.17, 15) is 4.79 Å². The Morgan fingerprint density at radius 2 is 2.00 bits per heavy atom. The van der Waals surface area contributed by atoms with Crippen LogP contribution in [0.3, 0.4) is 0 Å². The standard InChI is InChI=1S/C11H14ClNO2/c1-3-11(2,10(14)15)13-9-6-4-8(12)5-7-9/h4-7,13H,3H2,1-2H3,(H,14,15). The summed E-state index contributed by atoms with van der Waals surface area (Å²) in [5, 5.41) is 12.7. The number of nitrogens with one attached hydrogen (secondary N) is 1. The van der Waals surface area contributed by atoms with Crippen LogP contribution in [0.5, 0.6) is 0 Å². The van der Waals surface area contributed by atoms with E-state index in [1.54, 1.807) is 31.2 Å². The fraction of sp³-hybridized carbons (Fsp3) is 0.364. The fourth-order valence-corrected chi connectivity index (χ4v) is 1.27. The number of carbonyl (C=O) groups is 1. The minimum absolute atomic E-state index is 0.505. The summed E-state index contributed by atoms with van der Waals surface area (Å²) in [6, 6.07) is 6.97. The van der Waals surface area contributed by atoms with Gasteiger partial charge < -0.3 is 10.4 Å². The Labute approximate surface area is 94.1 Å². The molecule has 0 saturated carbocycles. The normalized spacial score (nSPS) is 14.3. The van der Waals surface area contributed by atoms with Crippen LogP contribution in [0.1, 0.15) is 20.3 Å². The van der Waals surface area contributed by atoms with Gasteiger partial charge >= 0.3 is 5.97 Å². The van der Waals surface area contributed by atoms with Crippen molar-refractivity contribution in [1.82, 2.24) is 0 Å². The van der Waals surface area contributed by atoms with Gasteiger partial charge in [-0.05, 0) is 37.6 Å². The molecule has 0 amide bonds. The molecular formula is C11H14ClNO2. The molecule has 0 spiro atoms. The Bertz CT molecular complexity index is 350. The maximum absolute atomic E-state index is 11.0. The first-order valence-corrected chi connectivity index (χ1v) is 5.13. The molecule has 1 aromatic carbocycles. The molecule has 0 aliphatic rings. The van der Waals surface area contributed by atoms with Gasteiger partial charge in [0.05, 0.1) is 0 Å². The predicted octanol–water partition coefficient (Wildman–Crippen LogP) is 3.01. The van der Waals surface area contributed by atoms with Crippen molar-refractivity contribution in [2.24, 2.45) is 0 Å². The van der Waals surface area contributed by atoms with Gasteiger partial charge in [0.15, 0.2) is 0 Å². The molecule has 0 bridgehead atoms. The van der Waals surface area contributed by atoms with Crippen molar-refractivity contribution in [3.63, 3.8) is 0 Å².